The third-order valence-electron chi connectivity index (χ3n) is 5.43. The Balaban J connectivity index is 0.000000810. The molecule has 0 amide bonds. The number of nitrogens with zero attached hydrogens (tertiary/aromatic N) is 1. The molecule has 4 aliphatic rings. The van der Waals surface area contributed by atoms with Crippen molar-refractivity contribution in [3.05, 3.63) is 0 Å². The fraction of sp³-hybridized carbons (Fsp3) is 1.00. The highest BCUT2D eigenvalue weighted by Crippen LogP contribution is 2.60. The van der Waals surface area contributed by atoms with E-state index in [1.54, 1.807) is 0 Å². The van der Waals surface area contributed by atoms with Crippen molar-refractivity contribution < 1.29 is 0 Å². The first kappa shape index (κ1) is 16.6. The maximum atomic E-state index is 6.53. The average Bonchev–Trinajstić information content (AvgIpc) is 2.13. The largest absolute Gasteiger partial charge is 0.326 e. The second-order valence-electron chi connectivity index (χ2n) is 7.15. The Hall–Kier alpha value is 0.500. The Morgan fingerprint density at radius 1 is 1.00 bits per heavy atom. The predicted octanol–water partition coefficient (Wildman–Crippen LogP) is 2.94. The van der Waals surface area contributed by atoms with Crippen molar-refractivity contribution in [2.75, 3.05) is 20.6 Å². The maximum Gasteiger partial charge on any atom is 0.0225 e. The van der Waals surface area contributed by atoms with Crippen LogP contribution in [-0.2, 0) is 0 Å². The van der Waals surface area contributed by atoms with Gasteiger partial charge in [-0.2, -0.15) is 0 Å². The fourth-order valence-electron chi connectivity index (χ4n) is 5.22. The topological polar surface area (TPSA) is 29.3 Å². The van der Waals surface area contributed by atoms with Gasteiger partial charge >= 0.3 is 0 Å². The normalized spacial score (nSPS) is 42.3. The lowest BCUT2D eigenvalue weighted by molar-refractivity contribution is -0.0698. The Morgan fingerprint density at radius 2 is 1.39 bits per heavy atom. The van der Waals surface area contributed by atoms with Gasteiger partial charge in [0.2, 0.25) is 0 Å². The summed E-state index contributed by atoms with van der Waals surface area (Å²) in [5.74, 6) is 3.08. The maximum absolute atomic E-state index is 6.53. The van der Waals surface area contributed by atoms with Crippen LogP contribution in [0.1, 0.15) is 38.5 Å². The Labute approximate surface area is 124 Å². The summed E-state index contributed by atoms with van der Waals surface area (Å²) in [5.41, 5.74) is 7.06. The summed E-state index contributed by atoms with van der Waals surface area (Å²) in [6, 6.07) is 0.413. The van der Waals surface area contributed by atoms with E-state index in [1.807, 2.05) is 0 Å². The van der Waals surface area contributed by atoms with Gasteiger partial charge in [0.15, 0.2) is 0 Å². The van der Waals surface area contributed by atoms with E-state index in [-0.39, 0.29) is 24.8 Å². The molecule has 4 fully saturated rings. The van der Waals surface area contributed by atoms with Crippen LogP contribution >= 0.6 is 24.8 Å². The molecule has 0 heterocycles. The van der Waals surface area contributed by atoms with Gasteiger partial charge in [0.25, 0.3) is 0 Å². The first-order chi connectivity index (χ1) is 7.57. The molecule has 4 saturated carbocycles. The van der Waals surface area contributed by atoms with Crippen LogP contribution < -0.4 is 5.73 Å². The summed E-state index contributed by atoms with van der Waals surface area (Å²) in [6.45, 7) is 1.08. The van der Waals surface area contributed by atoms with Crippen LogP contribution in [0.4, 0.5) is 0 Å². The second kappa shape index (κ2) is 5.87. The Bertz CT molecular complexity index is 246. The molecular weight excluding hydrogens is 267 g/mol. The minimum Gasteiger partial charge on any atom is -0.326 e. The van der Waals surface area contributed by atoms with Crippen molar-refractivity contribution in [3.8, 4) is 0 Å². The minimum atomic E-state index is 0. The summed E-state index contributed by atoms with van der Waals surface area (Å²) >= 11 is 0. The molecule has 18 heavy (non-hydrogen) atoms. The van der Waals surface area contributed by atoms with Gasteiger partial charge in [-0.15, -0.1) is 24.8 Å². The van der Waals surface area contributed by atoms with Crippen LogP contribution in [0.15, 0.2) is 0 Å². The van der Waals surface area contributed by atoms with Crippen LogP contribution in [0.25, 0.3) is 0 Å². The summed E-state index contributed by atoms with van der Waals surface area (Å²) in [4.78, 5) is 2.27. The van der Waals surface area contributed by atoms with Gasteiger partial charge in [0.05, 0.1) is 0 Å². The zero-order valence-electron chi connectivity index (χ0n) is 11.6. The standard InChI is InChI=1S/C14H26N2.2ClH/c1-16(2)9-13(15)14-6-10-3-11(7-14)5-12(4-10)8-14;;/h10-13H,3-9,15H2,1-2H3;2*1H. The quantitative estimate of drug-likeness (QED) is 0.867. The highest BCUT2D eigenvalue weighted by atomic mass is 35.5. The molecular formula is C14H28Cl2N2. The lowest BCUT2D eigenvalue weighted by atomic mass is 9.48. The monoisotopic (exact) mass is 294 g/mol. The molecule has 0 aromatic heterocycles. The van der Waals surface area contributed by atoms with Crippen molar-refractivity contribution in [1.82, 2.24) is 4.90 Å². The fourth-order valence-corrected chi connectivity index (χ4v) is 5.22. The molecule has 108 valence electrons. The summed E-state index contributed by atoms with van der Waals surface area (Å²) < 4.78 is 0. The zero-order chi connectivity index (χ0) is 11.3. The Morgan fingerprint density at radius 3 is 1.72 bits per heavy atom. The molecule has 1 unspecified atom stereocenters. The summed E-state index contributed by atoms with van der Waals surface area (Å²) in [6.07, 6.45) is 8.88. The average molecular weight is 295 g/mol. The van der Waals surface area contributed by atoms with Crippen LogP contribution in [0, 0.1) is 23.2 Å². The van der Waals surface area contributed by atoms with Gasteiger partial charge in [0, 0.05) is 12.6 Å². The molecule has 0 spiro atoms. The number of likely N-dealkylation sites (N-methyl/N-ethyl adjacent to an activating group) is 1. The van der Waals surface area contributed by atoms with Gasteiger partial charge in [-0.05, 0) is 75.8 Å². The van der Waals surface area contributed by atoms with E-state index < -0.39 is 0 Å². The molecule has 4 heteroatoms. The van der Waals surface area contributed by atoms with Gasteiger partial charge in [0.1, 0.15) is 0 Å². The third-order valence-corrected chi connectivity index (χ3v) is 5.43. The van der Waals surface area contributed by atoms with Crippen LogP contribution in [0.5, 0.6) is 0 Å². The zero-order valence-corrected chi connectivity index (χ0v) is 13.2. The van der Waals surface area contributed by atoms with Gasteiger partial charge in [-0.25, -0.2) is 0 Å². The molecule has 4 bridgehead atoms. The minimum absolute atomic E-state index is 0. The van der Waals surface area contributed by atoms with Crippen molar-refractivity contribution in [3.63, 3.8) is 0 Å². The van der Waals surface area contributed by atoms with Gasteiger partial charge in [-0.1, -0.05) is 0 Å². The lowest BCUT2D eigenvalue weighted by Gasteiger charge is -2.59. The summed E-state index contributed by atoms with van der Waals surface area (Å²) in [7, 11) is 4.31. The molecule has 0 radical (unpaired) electrons. The number of nitrogens with two attached hydrogens (primary N) is 1. The van der Waals surface area contributed by atoms with Crippen molar-refractivity contribution in [1.29, 1.82) is 0 Å². The number of hydrogen-bond donors (Lipinski definition) is 1. The molecule has 2 N–H and O–H groups in total. The molecule has 0 aliphatic heterocycles. The van der Waals surface area contributed by atoms with E-state index >= 15 is 0 Å². The molecule has 0 aromatic carbocycles. The van der Waals surface area contributed by atoms with Crippen molar-refractivity contribution >= 4 is 24.8 Å². The molecule has 0 saturated heterocycles. The highest BCUT2D eigenvalue weighted by Gasteiger charge is 2.53. The van der Waals surface area contributed by atoms with E-state index in [0.29, 0.717) is 11.5 Å². The molecule has 4 aliphatic carbocycles. The van der Waals surface area contributed by atoms with E-state index in [1.165, 1.54) is 38.5 Å². The predicted molar refractivity (Wildman–Crippen MR) is 81.6 cm³/mol. The van der Waals surface area contributed by atoms with Crippen molar-refractivity contribution in [2.24, 2.45) is 28.9 Å². The molecule has 4 rings (SSSR count). The highest BCUT2D eigenvalue weighted by molar-refractivity contribution is 5.85. The first-order valence-corrected chi connectivity index (χ1v) is 6.98. The molecule has 2 nitrogen and oxygen atoms in total. The number of rotatable bonds is 3. The smallest absolute Gasteiger partial charge is 0.0225 e. The van der Waals surface area contributed by atoms with E-state index in [0.717, 1.165) is 24.3 Å². The number of halogens is 2. The van der Waals surface area contributed by atoms with E-state index in [9.17, 15) is 0 Å². The second-order valence-corrected chi connectivity index (χ2v) is 7.15. The van der Waals surface area contributed by atoms with E-state index in [2.05, 4.69) is 19.0 Å². The van der Waals surface area contributed by atoms with Gasteiger partial charge < -0.3 is 10.6 Å². The third kappa shape index (κ3) is 2.82. The van der Waals surface area contributed by atoms with Crippen LogP contribution in [0.3, 0.4) is 0 Å². The van der Waals surface area contributed by atoms with E-state index in [4.69, 9.17) is 5.73 Å². The summed E-state index contributed by atoms with van der Waals surface area (Å²) in [5, 5.41) is 0. The molecule has 1 atom stereocenters. The number of hydrogen-bond acceptors (Lipinski definition) is 2. The molecule has 0 aromatic rings. The van der Waals surface area contributed by atoms with Crippen LogP contribution in [-0.4, -0.2) is 31.6 Å². The van der Waals surface area contributed by atoms with Crippen molar-refractivity contribution in [2.45, 2.75) is 44.6 Å². The Kier molecular flexibility index (Phi) is 5.39. The first-order valence-electron chi connectivity index (χ1n) is 6.98. The van der Waals surface area contributed by atoms with Crippen LogP contribution in [0.2, 0.25) is 0 Å². The SMILES string of the molecule is CN(C)CC(N)C12CC3CC(CC(C3)C1)C2.Cl.Cl. The lowest BCUT2D eigenvalue weighted by Crippen LogP contribution is -2.57. The van der Waals surface area contributed by atoms with Gasteiger partial charge in [-0.3, -0.25) is 0 Å².